The molecule has 5 rings (SSSR count). The molecule has 3 aromatic carbocycles. The molecule has 0 amide bonds. The number of hydrogen-bond donors (Lipinski definition) is 2. The van der Waals surface area contributed by atoms with Crippen LogP contribution in [0.1, 0.15) is 18.7 Å². The Hall–Kier alpha value is -3.32. The fraction of sp³-hybridized carbons (Fsp3) is 0.136. The van der Waals surface area contributed by atoms with Crippen LogP contribution in [0.5, 0.6) is 11.6 Å². The number of aromatic hydroxyl groups is 1. The number of phenolic OH excluding ortho intramolecular Hbond substituents is 1. The van der Waals surface area contributed by atoms with Crippen molar-refractivity contribution in [2.24, 2.45) is 0 Å². The molecule has 1 aliphatic heterocycles. The lowest BCUT2D eigenvalue weighted by Gasteiger charge is -2.22. The van der Waals surface area contributed by atoms with Crippen molar-refractivity contribution in [3.8, 4) is 22.9 Å². The summed E-state index contributed by atoms with van der Waals surface area (Å²) in [6, 6.07) is 19.3. The molecule has 1 aliphatic rings. The van der Waals surface area contributed by atoms with Crippen molar-refractivity contribution in [1.82, 2.24) is 15.2 Å². The Balaban J connectivity index is 1.71. The van der Waals surface area contributed by atoms with Crippen LogP contribution in [0.25, 0.3) is 22.0 Å². The first-order valence-electron chi connectivity index (χ1n) is 9.35. The van der Waals surface area contributed by atoms with Crippen LogP contribution < -0.4 is 10.1 Å². The van der Waals surface area contributed by atoms with Crippen molar-refractivity contribution < 1.29 is 9.84 Å². The van der Waals surface area contributed by atoms with Gasteiger partial charge in [0.05, 0.1) is 5.56 Å². The molecule has 2 heterocycles. The van der Waals surface area contributed by atoms with Crippen LogP contribution in [0.2, 0.25) is 0 Å². The Morgan fingerprint density at radius 3 is 2.76 bits per heavy atom. The van der Waals surface area contributed by atoms with E-state index in [1.807, 2.05) is 61.5 Å². The van der Waals surface area contributed by atoms with Crippen molar-refractivity contribution >= 4 is 28.2 Å². The molecule has 0 bridgehead atoms. The van der Waals surface area contributed by atoms with Crippen molar-refractivity contribution in [2.75, 3.05) is 11.1 Å². The summed E-state index contributed by atoms with van der Waals surface area (Å²) in [7, 11) is 0. The van der Waals surface area contributed by atoms with Gasteiger partial charge in [0.2, 0.25) is 17.3 Å². The van der Waals surface area contributed by atoms with Crippen LogP contribution in [0.3, 0.4) is 0 Å². The molecule has 0 unspecified atom stereocenters. The lowest BCUT2D eigenvalue weighted by Crippen LogP contribution is -2.17. The lowest BCUT2D eigenvalue weighted by molar-refractivity contribution is 0.222. The first-order chi connectivity index (χ1) is 14.2. The van der Waals surface area contributed by atoms with Gasteiger partial charge in [0.15, 0.2) is 5.69 Å². The molecule has 1 atom stereocenters. The first kappa shape index (κ1) is 17.8. The molecular formula is C22H18N4O2S. The standard InChI is InChI=1S/C22H18N4O2S/c1-2-29-22-24-21-19(25-26-22)15-9-5-6-10-16(15)23-20(28-21)18-14-8-4-3-7-13(14)11-12-17(18)27/h3-12,20,23,27H,2H2,1H3/t20-/m1/s1. The minimum Gasteiger partial charge on any atom is -0.507 e. The van der Waals surface area contributed by atoms with Crippen molar-refractivity contribution in [3.05, 3.63) is 66.2 Å². The average Bonchev–Trinajstić information content (AvgIpc) is 2.90. The molecule has 144 valence electrons. The van der Waals surface area contributed by atoms with E-state index in [2.05, 4.69) is 20.5 Å². The van der Waals surface area contributed by atoms with E-state index >= 15 is 0 Å². The van der Waals surface area contributed by atoms with E-state index in [0.717, 1.165) is 27.8 Å². The van der Waals surface area contributed by atoms with Crippen LogP contribution >= 0.6 is 11.8 Å². The largest absolute Gasteiger partial charge is 0.507 e. The highest BCUT2D eigenvalue weighted by atomic mass is 32.2. The summed E-state index contributed by atoms with van der Waals surface area (Å²) in [5, 5.41) is 25.2. The Bertz CT molecular complexity index is 1210. The predicted octanol–water partition coefficient (Wildman–Crippen LogP) is 5.01. The molecule has 0 radical (unpaired) electrons. The third-order valence-corrected chi connectivity index (χ3v) is 5.54. The van der Waals surface area contributed by atoms with Gasteiger partial charge in [-0.05, 0) is 28.7 Å². The topological polar surface area (TPSA) is 80.2 Å². The molecule has 0 saturated carbocycles. The summed E-state index contributed by atoms with van der Waals surface area (Å²) >= 11 is 1.50. The Morgan fingerprint density at radius 1 is 1.03 bits per heavy atom. The number of anilines is 1. The quantitative estimate of drug-likeness (QED) is 0.466. The number of nitrogens with one attached hydrogen (secondary N) is 1. The monoisotopic (exact) mass is 402 g/mol. The molecule has 0 aliphatic carbocycles. The van der Waals surface area contributed by atoms with Crippen LogP contribution in [0.15, 0.2) is 65.8 Å². The zero-order valence-electron chi connectivity index (χ0n) is 15.7. The molecule has 0 spiro atoms. The van der Waals surface area contributed by atoms with Crippen molar-refractivity contribution in [3.63, 3.8) is 0 Å². The summed E-state index contributed by atoms with van der Waals surface area (Å²) in [6.45, 7) is 2.04. The molecule has 0 fully saturated rings. The Kier molecular flexibility index (Phi) is 4.44. The first-order valence-corrected chi connectivity index (χ1v) is 10.3. The van der Waals surface area contributed by atoms with Gasteiger partial charge in [-0.3, -0.25) is 0 Å². The number of aromatic nitrogens is 3. The fourth-order valence-corrected chi connectivity index (χ4v) is 4.03. The zero-order valence-corrected chi connectivity index (χ0v) is 16.5. The van der Waals surface area contributed by atoms with E-state index in [0.29, 0.717) is 22.3 Å². The molecule has 1 aromatic heterocycles. The highest BCUT2D eigenvalue weighted by molar-refractivity contribution is 7.99. The molecular weight excluding hydrogens is 384 g/mol. The highest BCUT2D eigenvalue weighted by Crippen LogP contribution is 2.42. The summed E-state index contributed by atoms with van der Waals surface area (Å²) in [6.07, 6.45) is -0.639. The highest BCUT2D eigenvalue weighted by Gasteiger charge is 2.28. The van der Waals surface area contributed by atoms with Gasteiger partial charge in [-0.1, -0.05) is 67.2 Å². The predicted molar refractivity (Wildman–Crippen MR) is 114 cm³/mol. The zero-order chi connectivity index (χ0) is 19.8. The molecule has 6 nitrogen and oxygen atoms in total. The van der Waals surface area contributed by atoms with Gasteiger partial charge in [-0.2, -0.15) is 4.98 Å². The van der Waals surface area contributed by atoms with Crippen LogP contribution in [-0.4, -0.2) is 26.0 Å². The van der Waals surface area contributed by atoms with E-state index in [-0.39, 0.29) is 5.75 Å². The van der Waals surface area contributed by atoms with E-state index in [9.17, 15) is 5.11 Å². The van der Waals surface area contributed by atoms with Gasteiger partial charge in [0, 0.05) is 11.3 Å². The maximum atomic E-state index is 10.7. The van der Waals surface area contributed by atoms with Crippen LogP contribution in [0, 0.1) is 0 Å². The maximum absolute atomic E-state index is 10.7. The smallest absolute Gasteiger partial charge is 0.247 e. The van der Waals surface area contributed by atoms with Crippen LogP contribution in [0.4, 0.5) is 5.69 Å². The third kappa shape index (κ3) is 3.13. The number of ether oxygens (including phenoxy) is 1. The van der Waals surface area contributed by atoms with Gasteiger partial charge in [0.25, 0.3) is 0 Å². The normalized spacial score (nSPS) is 15.0. The van der Waals surface area contributed by atoms with Gasteiger partial charge in [0.1, 0.15) is 5.75 Å². The van der Waals surface area contributed by atoms with Gasteiger partial charge in [-0.15, -0.1) is 10.2 Å². The summed E-state index contributed by atoms with van der Waals surface area (Å²) < 4.78 is 6.30. The van der Waals surface area contributed by atoms with E-state index < -0.39 is 6.23 Å². The average molecular weight is 402 g/mol. The van der Waals surface area contributed by atoms with E-state index in [1.54, 1.807) is 6.07 Å². The number of hydrogen-bond acceptors (Lipinski definition) is 7. The minimum absolute atomic E-state index is 0.160. The van der Waals surface area contributed by atoms with Gasteiger partial charge >= 0.3 is 0 Å². The van der Waals surface area contributed by atoms with E-state index in [4.69, 9.17) is 4.74 Å². The summed E-state index contributed by atoms with van der Waals surface area (Å²) in [4.78, 5) is 4.59. The van der Waals surface area contributed by atoms with Gasteiger partial charge < -0.3 is 15.2 Å². The van der Waals surface area contributed by atoms with Gasteiger partial charge in [-0.25, -0.2) is 0 Å². The van der Waals surface area contributed by atoms with Crippen molar-refractivity contribution in [1.29, 1.82) is 0 Å². The number of fused-ring (bicyclic) bond motifs is 4. The molecule has 7 heteroatoms. The summed E-state index contributed by atoms with van der Waals surface area (Å²) in [5.41, 5.74) is 2.94. The van der Waals surface area contributed by atoms with E-state index in [1.165, 1.54) is 11.8 Å². The Labute approximate surface area is 172 Å². The molecule has 4 aromatic rings. The number of para-hydroxylation sites is 1. The summed E-state index contributed by atoms with van der Waals surface area (Å²) in [5.74, 6) is 1.39. The molecule has 0 saturated heterocycles. The second-order valence-corrected chi connectivity index (χ2v) is 7.82. The fourth-order valence-electron chi connectivity index (χ4n) is 3.53. The van der Waals surface area contributed by atoms with Crippen molar-refractivity contribution in [2.45, 2.75) is 18.3 Å². The molecule has 2 N–H and O–H groups in total. The minimum atomic E-state index is -0.639. The second kappa shape index (κ2) is 7.25. The third-order valence-electron chi connectivity index (χ3n) is 4.82. The number of rotatable bonds is 3. The second-order valence-electron chi connectivity index (χ2n) is 6.59. The van der Waals surface area contributed by atoms with Crippen LogP contribution in [-0.2, 0) is 0 Å². The Morgan fingerprint density at radius 2 is 1.86 bits per heavy atom. The lowest BCUT2D eigenvalue weighted by atomic mass is 10.0. The number of nitrogens with zero attached hydrogens (tertiary/aromatic N) is 3. The number of thioether (sulfide) groups is 1. The SMILES string of the molecule is CCSc1nnc2c(n1)O[C@H](c1c(O)ccc3ccccc13)Nc1ccccc1-2. The number of benzene rings is 3. The maximum Gasteiger partial charge on any atom is 0.247 e. The number of phenols is 1. The molecule has 29 heavy (non-hydrogen) atoms.